The highest BCUT2D eigenvalue weighted by atomic mass is 16.2. The Bertz CT molecular complexity index is 340. The monoisotopic (exact) mass is 219 g/mol. The smallest absolute Gasteiger partial charge is 0.222 e. The van der Waals surface area contributed by atoms with Crippen molar-refractivity contribution in [1.82, 2.24) is 4.90 Å². The van der Waals surface area contributed by atoms with Crippen LogP contribution in [0.3, 0.4) is 0 Å². The zero-order valence-corrected chi connectivity index (χ0v) is 10.7. The van der Waals surface area contributed by atoms with Gasteiger partial charge >= 0.3 is 0 Å². The molecule has 16 heavy (non-hydrogen) atoms. The molecular formula is C14H21NO. The van der Waals surface area contributed by atoms with Crippen LogP contribution < -0.4 is 0 Å². The fourth-order valence-corrected chi connectivity index (χ4v) is 1.64. The van der Waals surface area contributed by atoms with Crippen LogP contribution in [0, 0.1) is 0 Å². The first-order chi connectivity index (χ1) is 7.54. The van der Waals surface area contributed by atoms with Gasteiger partial charge in [-0.25, -0.2) is 0 Å². The van der Waals surface area contributed by atoms with Crippen LogP contribution in [-0.2, 0) is 11.3 Å². The highest BCUT2D eigenvalue weighted by Crippen LogP contribution is 2.15. The summed E-state index contributed by atoms with van der Waals surface area (Å²) < 4.78 is 0. The third-order valence-corrected chi connectivity index (χ3v) is 2.79. The van der Waals surface area contributed by atoms with Gasteiger partial charge in [-0.15, -0.1) is 0 Å². The molecule has 0 aliphatic carbocycles. The number of amides is 1. The number of carbonyl (C=O) groups is 1. The third-order valence-electron chi connectivity index (χ3n) is 2.79. The molecule has 0 radical (unpaired) electrons. The Kier molecular flexibility index (Phi) is 4.53. The molecule has 0 fully saturated rings. The Balaban J connectivity index is 2.65. The lowest BCUT2D eigenvalue weighted by Gasteiger charge is -2.16. The second-order valence-electron chi connectivity index (χ2n) is 4.50. The lowest BCUT2D eigenvalue weighted by atomic mass is 10.0. The first kappa shape index (κ1) is 12.8. The zero-order valence-electron chi connectivity index (χ0n) is 10.7. The van der Waals surface area contributed by atoms with Gasteiger partial charge in [-0.1, -0.05) is 45.0 Å². The fraction of sp³-hybridized carbons (Fsp3) is 0.500. The van der Waals surface area contributed by atoms with Gasteiger partial charge in [0.15, 0.2) is 0 Å². The molecule has 0 aromatic heterocycles. The summed E-state index contributed by atoms with van der Waals surface area (Å²) in [5, 5.41) is 0. The number of rotatable bonds is 4. The van der Waals surface area contributed by atoms with E-state index in [-0.39, 0.29) is 5.91 Å². The summed E-state index contributed by atoms with van der Waals surface area (Å²) in [6.07, 6.45) is 0.570. The summed E-state index contributed by atoms with van der Waals surface area (Å²) in [4.78, 5) is 13.2. The molecule has 2 nitrogen and oxygen atoms in total. The fourth-order valence-electron chi connectivity index (χ4n) is 1.64. The number of carbonyl (C=O) groups excluding carboxylic acids is 1. The molecule has 0 bridgehead atoms. The van der Waals surface area contributed by atoms with E-state index in [1.165, 1.54) is 11.1 Å². The van der Waals surface area contributed by atoms with E-state index in [1.54, 1.807) is 4.90 Å². The van der Waals surface area contributed by atoms with Crippen molar-refractivity contribution in [3.05, 3.63) is 35.4 Å². The van der Waals surface area contributed by atoms with E-state index in [2.05, 4.69) is 38.1 Å². The molecule has 0 aliphatic heterocycles. The van der Waals surface area contributed by atoms with E-state index in [1.807, 2.05) is 14.0 Å². The van der Waals surface area contributed by atoms with Crippen LogP contribution in [-0.4, -0.2) is 17.9 Å². The molecule has 0 heterocycles. The summed E-state index contributed by atoms with van der Waals surface area (Å²) >= 11 is 0. The van der Waals surface area contributed by atoms with Crippen molar-refractivity contribution < 1.29 is 4.79 Å². The standard InChI is InChI=1S/C14H21NO/c1-5-14(16)15(4)10-12-6-8-13(9-7-12)11(2)3/h6-9,11H,5,10H2,1-4H3. The van der Waals surface area contributed by atoms with Crippen LogP contribution in [0.25, 0.3) is 0 Å². The Morgan fingerprint density at radius 2 is 1.81 bits per heavy atom. The van der Waals surface area contributed by atoms with Crippen LogP contribution in [0.4, 0.5) is 0 Å². The molecule has 0 saturated carbocycles. The van der Waals surface area contributed by atoms with Crippen LogP contribution in [0.5, 0.6) is 0 Å². The molecule has 0 saturated heterocycles. The zero-order chi connectivity index (χ0) is 12.1. The Morgan fingerprint density at radius 3 is 2.25 bits per heavy atom. The van der Waals surface area contributed by atoms with E-state index in [4.69, 9.17) is 0 Å². The molecule has 2 heteroatoms. The van der Waals surface area contributed by atoms with Gasteiger partial charge in [0, 0.05) is 20.0 Å². The molecule has 1 aromatic carbocycles. The predicted molar refractivity (Wildman–Crippen MR) is 67.3 cm³/mol. The Labute approximate surface area is 98.3 Å². The number of hydrogen-bond acceptors (Lipinski definition) is 1. The summed E-state index contributed by atoms with van der Waals surface area (Å²) in [5.74, 6) is 0.747. The normalized spacial score (nSPS) is 10.6. The van der Waals surface area contributed by atoms with Gasteiger partial charge in [-0.2, -0.15) is 0 Å². The van der Waals surface area contributed by atoms with Gasteiger partial charge in [0.25, 0.3) is 0 Å². The molecule has 0 N–H and O–H groups in total. The van der Waals surface area contributed by atoms with Crippen LogP contribution in [0.2, 0.25) is 0 Å². The van der Waals surface area contributed by atoms with E-state index >= 15 is 0 Å². The van der Waals surface area contributed by atoms with Gasteiger partial charge in [-0.05, 0) is 17.0 Å². The molecule has 88 valence electrons. The minimum atomic E-state index is 0.188. The van der Waals surface area contributed by atoms with Gasteiger partial charge in [0.05, 0.1) is 0 Å². The molecule has 0 aliphatic rings. The maximum absolute atomic E-state index is 11.4. The number of benzene rings is 1. The topological polar surface area (TPSA) is 20.3 Å². The molecule has 1 rings (SSSR count). The summed E-state index contributed by atoms with van der Waals surface area (Å²) in [5.41, 5.74) is 2.53. The minimum absolute atomic E-state index is 0.188. The van der Waals surface area contributed by atoms with Crippen LogP contribution >= 0.6 is 0 Å². The summed E-state index contributed by atoms with van der Waals surface area (Å²) in [7, 11) is 1.85. The van der Waals surface area contributed by atoms with Crippen molar-refractivity contribution in [2.45, 2.75) is 39.7 Å². The highest BCUT2D eigenvalue weighted by Gasteiger charge is 2.06. The van der Waals surface area contributed by atoms with Gasteiger partial charge < -0.3 is 4.90 Å². The van der Waals surface area contributed by atoms with E-state index in [0.717, 1.165) is 0 Å². The van der Waals surface area contributed by atoms with Crippen molar-refractivity contribution >= 4 is 5.91 Å². The van der Waals surface area contributed by atoms with Gasteiger partial charge in [0.1, 0.15) is 0 Å². The average molecular weight is 219 g/mol. The SMILES string of the molecule is CCC(=O)N(C)Cc1ccc(C(C)C)cc1. The van der Waals surface area contributed by atoms with Crippen molar-refractivity contribution in [1.29, 1.82) is 0 Å². The lowest BCUT2D eigenvalue weighted by Crippen LogP contribution is -2.25. The van der Waals surface area contributed by atoms with Crippen molar-refractivity contribution in [3.63, 3.8) is 0 Å². The maximum atomic E-state index is 11.4. The number of nitrogens with zero attached hydrogens (tertiary/aromatic N) is 1. The molecule has 0 spiro atoms. The Hall–Kier alpha value is -1.31. The lowest BCUT2D eigenvalue weighted by molar-refractivity contribution is -0.130. The molecule has 1 amide bonds. The van der Waals surface area contributed by atoms with Gasteiger partial charge in [-0.3, -0.25) is 4.79 Å². The van der Waals surface area contributed by atoms with Gasteiger partial charge in [0.2, 0.25) is 5.91 Å². The average Bonchev–Trinajstić information content (AvgIpc) is 2.28. The van der Waals surface area contributed by atoms with E-state index in [0.29, 0.717) is 18.9 Å². The first-order valence-corrected chi connectivity index (χ1v) is 5.87. The number of hydrogen-bond donors (Lipinski definition) is 0. The minimum Gasteiger partial charge on any atom is -0.341 e. The quantitative estimate of drug-likeness (QED) is 0.761. The Morgan fingerprint density at radius 1 is 1.25 bits per heavy atom. The second-order valence-corrected chi connectivity index (χ2v) is 4.50. The molecule has 0 unspecified atom stereocenters. The summed E-state index contributed by atoms with van der Waals surface area (Å²) in [6.45, 7) is 6.95. The van der Waals surface area contributed by atoms with Crippen LogP contribution in [0.1, 0.15) is 44.2 Å². The van der Waals surface area contributed by atoms with E-state index < -0.39 is 0 Å². The molecule has 0 atom stereocenters. The second kappa shape index (κ2) is 5.69. The maximum Gasteiger partial charge on any atom is 0.222 e. The van der Waals surface area contributed by atoms with Crippen molar-refractivity contribution in [2.24, 2.45) is 0 Å². The van der Waals surface area contributed by atoms with Crippen molar-refractivity contribution in [3.8, 4) is 0 Å². The summed E-state index contributed by atoms with van der Waals surface area (Å²) in [6, 6.07) is 8.50. The molecular weight excluding hydrogens is 198 g/mol. The predicted octanol–water partition coefficient (Wildman–Crippen LogP) is 3.18. The first-order valence-electron chi connectivity index (χ1n) is 5.87. The molecule has 1 aromatic rings. The third kappa shape index (κ3) is 3.37. The highest BCUT2D eigenvalue weighted by molar-refractivity contribution is 5.75. The largest absolute Gasteiger partial charge is 0.341 e. The van der Waals surface area contributed by atoms with E-state index in [9.17, 15) is 4.79 Å². The van der Waals surface area contributed by atoms with Crippen molar-refractivity contribution in [2.75, 3.05) is 7.05 Å². The van der Waals surface area contributed by atoms with Crippen LogP contribution in [0.15, 0.2) is 24.3 Å².